The van der Waals surface area contributed by atoms with Gasteiger partial charge in [-0.25, -0.2) is 4.39 Å². The normalized spacial score (nSPS) is 12.5. The zero-order valence-electron chi connectivity index (χ0n) is 11.2. The molecule has 0 aliphatic rings. The highest BCUT2D eigenvalue weighted by molar-refractivity contribution is 5.78. The lowest BCUT2D eigenvalue weighted by Crippen LogP contribution is -2.41. The lowest BCUT2D eigenvalue weighted by atomic mass is 10.1. The van der Waals surface area contributed by atoms with Crippen LogP contribution >= 0.6 is 0 Å². The summed E-state index contributed by atoms with van der Waals surface area (Å²) in [4.78, 5) is 11.4. The molecule has 0 aromatic heterocycles. The van der Waals surface area contributed by atoms with Crippen molar-refractivity contribution >= 4 is 5.91 Å². The van der Waals surface area contributed by atoms with E-state index in [1.165, 1.54) is 12.1 Å². The second-order valence-corrected chi connectivity index (χ2v) is 4.84. The van der Waals surface area contributed by atoms with Gasteiger partial charge < -0.3 is 10.6 Å². The quantitative estimate of drug-likeness (QED) is 0.811. The van der Waals surface area contributed by atoms with E-state index in [0.29, 0.717) is 6.42 Å². The molecule has 0 saturated carbocycles. The molecule has 0 fully saturated rings. The minimum Gasteiger partial charge on any atom is -0.353 e. The van der Waals surface area contributed by atoms with E-state index in [1.54, 1.807) is 6.07 Å². The monoisotopic (exact) mass is 252 g/mol. The fourth-order valence-corrected chi connectivity index (χ4v) is 1.73. The van der Waals surface area contributed by atoms with E-state index in [4.69, 9.17) is 0 Å². The molecule has 0 radical (unpaired) electrons. The Morgan fingerprint density at radius 3 is 2.67 bits per heavy atom. The molecule has 0 bridgehead atoms. The van der Waals surface area contributed by atoms with Crippen LogP contribution in [0.3, 0.4) is 0 Å². The number of nitrogens with one attached hydrogen (secondary N) is 2. The average Bonchev–Trinajstić information content (AvgIpc) is 2.25. The second-order valence-electron chi connectivity index (χ2n) is 4.84. The summed E-state index contributed by atoms with van der Waals surface area (Å²) in [6.45, 7) is 6.12. The number of hydrogen-bond donors (Lipinski definition) is 2. The minimum atomic E-state index is -0.225. The molecule has 1 aromatic rings. The van der Waals surface area contributed by atoms with Crippen LogP contribution in [0.1, 0.15) is 26.3 Å². The van der Waals surface area contributed by atoms with Gasteiger partial charge in [-0.3, -0.25) is 4.79 Å². The molecule has 0 spiro atoms. The number of halogens is 1. The predicted molar refractivity (Wildman–Crippen MR) is 70.8 cm³/mol. The Morgan fingerprint density at radius 1 is 1.33 bits per heavy atom. The summed E-state index contributed by atoms with van der Waals surface area (Å²) in [5.41, 5.74) is 0.930. The van der Waals surface area contributed by atoms with Crippen LogP contribution in [0.15, 0.2) is 24.3 Å². The third-order valence-electron chi connectivity index (χ3n) is 2.49. The Kier molecular flexibility index (Phi) is 5.78. The van der Waals surface area contributed by atoms with Crippen LogP contribution in [0.2, 0.25) is 0 Å². The van der Waals surface area contributed by atoms with E-state index in [9.17, 15) is 9.18 Å². The molecule has 1 unspecified atom stereocenters. The third-order valence-corrected chi connectivity index (χ3v) is 2.49. The summed E-state index contributed by atoms with van der Waals surface area (Å²) in [6.07, 6.45) is 0.701. The summed E-state index contributed by atoms with van der Waals surface area (Å²) in [5.74, 6) is -0.242. The van der Waals surface area contributed by atoms with Crippen molar-refractivity contribution in [1.82, 2.24) is 10.6 Å². The molecule has 18 heavy (non-hydrogen) atoms. The fourth-order valence-electron chi connectivity index (χ4n) is 1.73. The first-order valence-corrected chi connectivity index (χ1v) is 6.24. The molecule has 0 aliphatic carbocycles. The summed E-state index contributed by atoms with van der Waals surface area (Å²) >= 11 is 0. The number of amides is 1. The first-order valence-electron chi connectivity index (χ1n) is 6.24. The van der Waals surface area contributed by atoms with E-state index < -0.39 is 0 Å². The second kappa shape index (κ2) is 7.11. The maximum Gasteiger partial charge on any atom is 0.234 e. The Labute approximate surface area is 108 Å². The molecule has 1 rings (SSSR count). The van der Waals surface area contributed by atoms with Gasteiger partial charge in [0.25, 0.3) is 0 Å². The average molecular weight is 252 g/mol. The standard InChI is InChI=1S/C14H21FN2O/c1-10(2)17-14(18)9-16-11(3)7-12-5-4-6-13(15)8-12/h4-6,8,10-11,16H,7,9H2,1-3H3,(H,17,18). The van der Waals surface area contributed by atoms with Gasteiger partial charge in [-0.1, -0.05) is 12.1 Å². The molecule has 3 nitrogen and oxygen atoms in total. The summed E-state index contributed by atoms with van der Waals surface area (Å²) in [6, 6.07) is 6.81. The van der Waals surface area contributed by atoms with Gasteiger partial charge in [0.1, 0.15) is 5.82 Å². The van der Waals surface area contributed by atoms with Gasteiger partial charge in [0.05, 0.1) is 6.54 Å². The predicted octanol–water partition coefficient (Wildman–Crippen LogP) is 1.87. The summed E-state index contributed by atoms with van der Waals surface area (Å²) < 4.78 is 13.0. The van der Waals surface area contributed by atoms with Crippen LogP contribution in [0.5, 0.6) is 0 Å². The largest absolute Gasteiger partial charge is 0.353 e. The highest BCUT2D eigenvalue weighted by Gasteiger charge is 2.07. The number of carbonyl (C=O) groups is 1. The van der Waals surface area contributed by atoms with Crippen molar-refractivity contribution in [3.63, 3.8) is 0 Å². The molecule has 0 saturated heterocycles. The Balaban J connectivity index is 2.33. The number of benzene rings is 1. The highest BCUT2D eigenvalue weighted by Crippen LogP contribution is 2.06. The lowest BCUT2D eigenvalue weighted by molar-refractivity contribution is -0.120. The van der Waals surface area contributed by atoms with E-state index in [0.717, 1.165) is 5.56 Å². The highest BCUT2D eigenvalue weighted by atomic mass is 19.1. The Bertz CT molecular complexity index is 393. The van der Waals surface area contributed by atoms with Gasteiger partial charge in [-0.15, -0.1) is 0 Å². The van der Waals surface area contributed by atoms with Crippen LogP contribution in [-0.2, 0) is 11.2 Å². The van der Waals surface area contributed by atoms with Crippen LogP contribution in [-0.4, -0.2) is 24.5 Å². The maximum absolute atomic E-state index is 13.0. The van der Waals surface area contributed by atoms with Crippen molar-refractivity contribution in [2.45, 2.75) is 39.3 Å². The van der Waals surface area contributed by atoms with Crippen molar-refractivity contribution in [3.05, 3.63) is 35.6 Å². The Morgan fingerprint density at radius 2 is 2.06 bits per heavy atom. The molecular weight excluding hydrogens is 231 g/mol. The summed E-state index contributed by atoms with van der Waals surface area (Å²) in [5, 5.41) is 5.93. The van der Waals surface area contributed by atoms with Crippen LogP contribution < -0.4 is 10.6 Å². The molecule has 4 heteroatoms. The molecule has 1 amide bonds. The summed E-state index contributed by atoms with van der Waals surface area (Å²) in [7, 11) is 0. The number of hydrogen-bond acceptors (Lipinski definition) is 2. The molecule has 100 valence electrons. The molecule has 0 heterocycles. The Hall–Kier alpha value is -1.42. The van der Waals surface area contributed by atoms with E-state index in [-0.39, 0.29) is 30.4 Å². The van der Waals surface area contributed by atoms with Crippen molar-refractivity contribution in [2.24, 2.45) is 0 Å². The van der Waals surface area contributed by atoms with Crippen LogP contribution in [0, 0.1) is 5.82 Å². The minimum absolute atomic E-state index is 0.0175. The lowest BCUT2D eigenvalue weighted by Gasteiger charge is -2.15. The van der Waals surface area contributed by atoms with Gasteiger partial charge in [-0.05, 0) is 44.9 Å². The van der Waals surface area contributed by atoms with Gasteiger partial charge in [0.2, 0.25) is 5.91 Å². The van der Waals surface area contributed by atoms with Crippen molar-refractivity contribution in [3.8, 4) is 0 Å². The van der Waals surface area contributed by atoms with Gasteiger partial charge >= 0.3 is 0 Å². The molecule has 1 aromatic carbocycles. The first kappa shape index (κ1) is 14.6. The zero-order valence-corrected chi connectivity index (χ0v) is 11.2. The molecule has 2 N–H and O–H groups in total. The SMILES string of the molecule is CC(C)NC(=O)CNC(C)Cc1cccc(F)c1. The van der Waals surface area contributed by atoms with Gasteiger partial charge in [0, 0.05) is 12.1 Å². The molecule has 1 atom stereocenters. The number of rotatable bonds is 6. The zero-order chi connectivity index (χ0) is 13.5. The van der Waals surface area contributed by atoms with Gasteiger partial charge in [-0.2, -0.15) is 0 Å². The fraction of sp³-hybridized carbons (Fsp3) is 0.500. The molecular formula is C14H21FN2O. The van der Waals surface area contributed by atoms with Crippen LogP contribution in [0.4, 0.5) is 4.39 Å². The molecule has 0 aliphatic heterocycles. The van der Waals surface area contributed by atoms with Crippen molar-refractivity contribution < 1.29 is 9.18 Å². The smallest absolute Gasteiger partial charge is 0.234 e. The van der Waals surface area contributed by atoms with Crippen molar-refractivity contribution in [2.75, 3.05) is 6.54 Å². The van der Waals surface area contributed by atoms with Crippen molar-refractivity contribution in [1.29, 1.82) is 0 Å². The first-order chi connectivity index (χ1) is 8.47. The van der Waals surface area contributed by atoms with Crippen LogP contribution in [0.25, 0.3) is 0 Å². The van der Waals surface area contributed by atoms with Gasteiger partial charge in [0.15, 0.2) is 0 Å². The van der Waals surface area contributed by atoms with E-state index in [1.807, 2.05) is 26.8 Å². The third kappa shape index (κ3) is 5.77. The maximum atomic E-state index is 13.0. The van der Waals surface area contributed by atoms with E-state index in [2.05, 4.69) is 10.6 Å². The van der Waals surface area contributed by atoms with E-state index >= 15 is 0 Å². The number of carbonyl (C=O) groups excluding carboxylic acids is 1. The topological polar surface area (TPSA) is 41.1 Å².